The molecule has 0 unspecified atom stereocenters. The normalized spacial score (nSPS) is 11.5. The van der Waals surface area contributed by atoms with Crippen LogP contribution in [0.15, 0.2) is 12.3 Å². The van der Waals surface area contributed by atoms with E-state index >= 15 is 0 Å². The highest BCUT2D eigenvalue weighted by Crippen LogP contribution is 2.12. The molecule has 0 aliphatic heterocycles. The van der Waals surface area contributed by atoms with Crippen LogP contribution in [0.4, 0.5) is 0 Å². The van der Waals surface area contributed by atoms with Crippen LogP contribution in [0.2, 0.25) is 0 Å². The lowest BCUT2D eigenvalue weighted by Crippen LogP contribution is -2.19. The minimum atomic E-state index is 0.657. The monoisotopic (exact) mass is 218 g/mol. The molecule has 0 aromatic carbocycles. The van der Waals surface area contributed by atoms with Crippen molar-refractivity contribution < 1.29 is 0 Å². The number of pyridine rings is 1. The third kappa shape index (κ3) is 2.39. The molecule has 2 aromatic heterocycles. The van der Waals surface area contributed by atoms with Crippen LogP contribution in [0.25, 0.3) is 11.2 Å². The van der Waals surface area contributed by atoms with Gasteiger partial charge in [0, 0.05) is 6.20 Å². The van der Waals surface area contributed by atoms with E-state index in [1.165, 1.54) is 5.56 Å². The van der Waals surface area contributed by atoms with E-state index in [2.05, 4.69) is 41.0 Å². The minimum absolute atomic E-state index is 0.657. The van der Waals surface area contributed by atoms with Gasteiger partial charge >= 0.3 is 0 Å². The zero-order valence-electron chi connectivity index (χ0n) is 10.0. The van der Waals surface area contributed by atoms with Crippen LogP contribution < -0.4 is 5.32 Å². The molecule has 0 aliphatic carbocycles. The summed E-state index contributed by atoms with van der Waals surface area (Å²) in [5.41, 5.74) is 3.04. The zero-order chi connectivity index (χ0) is 11.5. The van der Waals surface area contributed by atoms with Crippen LogP contribution in [-0.4, -0.2) is 21.5 Å². The highest BCUT2D eigenvalue weighted by Gasteiger charge is 2.05. The summed E-state index contributed by atoms with van der Waals surface area (Å²) < 4.78 is 0. The number of imidazole rings is 1. The van der Waals surface area contributed by atoms with Gasteiger partial charge in [-0.15, -0.1) is 0 Å². The third-order valence-corrected chi connectivity index (χ3v) is 2.49. The molecule has 0 radical (unpaired) electrons. The van der Waals surface area contributed by atoms with Crippen molar-refractivity contribution >= 4 is 11.2 Å². The number of nitrogens with zero attached hydrogens (tertiary/aromatic N) is 2. The fourth-order valence-electron chi connectivity index (χ4n) is 1.65. The summed E-state index contributed by atoms with van der Waals surface area (Å²) in [4.78, 5) is 12.0. The summed E-state index contributed by atoms with van der Waals surface area (Å²) in [6.07, 6.45) is 1.80. The lowest BCUT2D eigenvalue weighted by Gasteiger charge is -2.04. The molecular weight excluding hydrogens is 200 g/mol. The highest BCUT2D eigenvalue weighted by molar-refractivity contribution is 5.74. The number of aromatic amines is 1. The Balaban J connectivity index is 2.11. The maximum Gasteiger partial charge on any atom is 0.178 e. The predicted molar refractivity (Wildman–Crippen MR) is 65.2 cm³/mol. The second kappa shape index (κ2) is 4.61. The van der Waals surface area contributed by atoms with Gasteiger partial charge in [0.15, 0.2) is 5.65 Å². The molecule has 2 aromatic rings. The number of aromatic nitrogens is 3. The van der Waals surface area contributed by atoms with Gasteiger partial charge in [-0.2, -0.15) is 0 Å². The Morgan fingerprint density at radius 3 is 2.94 bits per heavy atom. The molecule has 0 saturated heterocycles. The molecule has 0 atom stereocenters. The second-order valence-corrected chi connectivity index (χ2v) is 4.53. The van der Waals surface area contributed by atoms with Crippen LogP contribution in [0.5, 0.6) is 0 Å². The quantitative estimate of drug-likeness (QED) is 0.825. The Morgan fingerprint density at radius 1 is 1.44 bits per heavy atom. The number of aryl methyl sites for hydroxylation is 1. The van der Waals surface area contributed by atoms with Crippen molar-refractivity contribution in [1.29, 1.82) is 0 Å². The van der Waals surface area contributed by atoms with Crippen LogP contribution in [-0.2, 0) is 6.54 Å². The summed E-state index contributed by atoms with van der Waals surface area (Å²) in [6, 6.07) is 1.99. The van der Waals surface area contributed by atoms with E-state index in [-0.39, 0.29) is 0 Å². The number of hydrogen-bond acceptors (Lipinski definition) is 3. The maximum atomic E-state index is 4.44. The Bertz CT molecular complexity index is 473. The first-order chi connectivity index (χ1) is 7.66. The molecule has 2 heterocycles. The fourth-order valence-corrected chi connectivity index (χ4v) is 1.65. The molecular formula is C12H18N4. The Kier molecular flexibility index (Phi) is 3.19. The first-order valence-corrected chi connectivity index (χ1v) is 5.67. The highest BCUT2D eigenvalue weighted by atomic mass is 15.0. The van der Waals surface area contributed by atoms with E-state index in [0.717, 1.165) is 30.1 Å². The van der Waals surface area contributed by atoms with Crippen molar-refractivity contribution in [2.45, 2.75) is 27.3 Å². The first-order valence-electron chi connectivity index (χ1n) is 5.67. The standard InChI is InChI=1S/C12H18N4/c1-8(2)6-13-7-10-15-11-9(3)4-5-14-12(11)16-10/h4-5,8,13H,6-7H2,1-3H3,(H,14,15,16). The number of rotatable bonds is 4. The molecule has 2 rings (SSSR count). The lowest BCUT2D eigenvalue weighted by molar-refractivity contribution is 0.545. The van der Waals surface area contributed by atoms with Crippen molar-refractivity contribution in [2.75, 3.05) is 6.54 Å². The van der Waals surface area contributed by atoms with Gasteiger partial charge in [-0.05, 0) is 31.0 Å². The second-order valence-electron chi connectivity index (χ2n) is 4.53. The van der Waals surface area contributed by atoms with Crippen LogP contribution >= 0.6 is 0 Å². The minimum Gasteiger partial charge on any atom is -0.339 e. The molecule has 86 valence electrons. The Labute approximate surface area is 95.5 Å². The van der Waals surface area contributed by atoms with E-state index in [1.54, 1.807) is 6.20 Å². The van der Waals surface area contributed by atoms with Crippen molar-refractivity contribution in [2.24, 2.45) is 5.92 Å². The van der Waals surface area contributed by atoms with Gasteiger partial charge in [0.1, 0.15) is 5.82 Å². The predicted octanol–water partition coefficient (Wildman–Crippen LogP) is 2.01. The SMILES string of the molecule is Cc1ccnc2nc(CNCC(C)C)[nH]c12. The van der Waals surface area contributed by atoms with Crippen LogP contribution in [0.1, 0.15) is 25.2 Å². The summed E-state index contributed by atoms with van der Waals surface area (Å²) in [5, 5.41) is 3.36. The zero-order valence-corrected chi connectivity index (χ0v) is 10.0. The fraction of sp³-hybridized carbons (Fsp3) is 0.500. The largest absolute Gasteiger partial charge is 0.339 e. The van der Waals surface area contributed by atoms with E-state index in [4.69, 9.17) is 0 Å². The first kappa shape index (κ1) is 11.1. The summed E-state index contributed by atoms with van der Waals surface area (Å²) in [6.45, 7) is 8.22. The summed E-state index contributed by atoms with van der Waals surface area (Å²) >= 11 is 0. The number of fused-ring (bicyclic) bond motifs is 1. The van der Waals surface area contributed by atoms with Gasteiger partial charge in [-0.3, -0.25) is 0 Å². The molecule has 0 fully saturated rings. The Hall–Kier alpha value is -1.42. The molecule has 0 bridgehead atoms. The molecule has 0 saturated carbocycles. The van der Waals surface area contributed by atoms with Crippen LogP contribution in [0.3, 0.4) is 0 Å². The summed E-state index contributed by atoms with van der Waals surface area (Å²) in [5.74, 6) is 1.61. The van der Waals surface area contributed by atoms with E-state index in [9.17, 15) is 0 Å². The Morgan fingerprint density at radius 2 is 2.25 bits per heavy atom. The maximum absolute atomic E-state index is 4.44. The smallest absolute Gasteiger partial charge is 0.178 e. The van der Waals surface area contributed by atoms with Gasteiger partial charge in [-0.1, -0.05) is 13.8 Å². The van der Waals surface area contributed by atoms with Gasteiger partial charge in [-0.25, -0.2) is 9.97 Å². The third-order valence-electron chi connectivity index (χ3n) is 2.49. The molecule has 2 N–H and O–H groups in total. The van der Waals surface area contributed by atoms with E-state index in [1.807, 2.05) is 6.07 Å². The van der Waals surface area contributed by atoms with E-state index in [0.29, 0.717) is 5.92 Å². The van der Waals surface area contributed by atoms with Crippen molar-refractivity contribution in [3.63, 3.8) is 0 Å². The molecule has 0 amide bonds. The van der Waals surface area contributed by atoms with Crippen molar-refractivity contribution in [3.05, 3.63) is 23.7 Å². The van der Waals surface area contributed by atoms with Gasteiger partial charge in [0.05, 0.1) is 12.1 Å². The number of nitrogens with one attached hydrogen (secondary N) is 2. The number of H-pyrrole nitrogens is 1. The average molecular weight is 218 g/mol. The molecule has 4 heteroatoms. The van der Waals surface area contributed by atoms with Gasteiger partial charge in [0.2, 0.25) is 0 Å². The van der Waals surface area contributed by atoms with Crippen molar-refractivity contribution in [1.82, 2.24) is 20.3 Å². The summed E-state index contributed by atoms with van der Waals surface area (Å²) in [7, 11) is 0. The lowest BCUT2D eigenvalue weighted by atomic mass is 10.2. The average Bonchev–Trinajstić information content (AvgIpc) is 2.61. The molecule has 16 heavy (non-hydrogen) atoms. The topological polar surface area (TPSA) is 53.6 Å². The molecule has 0 spiro atoms. The van der Waals surface area contributed by atoms with Crippen LogP contribution in [0, 0.1) is 12.8 Å². The van der Waals surface area contributed by atoms with E-state index < -0.39 is 0 Å². The number of hydrogen-bond donors (Lipinski definition) is 2. The van der Waals surface area contributed by atoms with Crippen molar-refractivity contribution in [3.8, 4) is 0 Å². The van der Waals surface area contributed by atoms with Gasteiger partial charge < -0.3 is 10.3 Å². The molecule has 0 aliphatic rings. The van der Waals surface area contributed by atoms with Gasteiger partial charge in [0.25, 0.3) is 0 Å². The molecule has 4 nitrogen and oxygen atoms in total.